The molecule has 1 amide bonds. The number of hydrogen-bond donors (Lipinski definition) is 2. The van der Waals surface area contributed by atoms with Crippen LogP contribution in [0.25, 0.3) is 0 Å². The smallest absolute Gasteiger partial charge is 0.230 e. The van der Waals surface area contributed by atoms with Gasteiger partial charge in [0.1, 0.15) is 5.82 Å². The van der Waals surface area contributed by atoms with E-state index in [1.54, 1.807) is 12.1 Å². The van der Waals surface area contributed by atoms with Gasteiger partial charge in [0.2, 0.25) is 11.0 Å². The van der Waals surface area contributed by atoms with Gasteiger partial charge in [0, 0.05) is 31.4 Å². The number of halogens is 1. The summed E-state index contributed by atoms with van der Waals surface area (Å²) in [7, 11) is 0. The fourth-order valence-electron chi connectivity index (χ4n) is 3.34. The zero-order chi connectivity index (χ0) is 20.8. The molecular weight excluding hydrogens is 421 g/mol. The lowest BCUT2D eigenvalue weighted by Gasteiger charge is -2.16. The van der Waals surface area contributed by atoms with Gasteiger partial charge in [-0.3, -0.25) is 9.69 Å². The summed E-state index contributed by atoms with van der Waals surface area (Å²) < 4.78 is 14.0. The van der Waals surface area contributed by atoms with Gasteiger partial charge in [0.25, 0.3) is 0 Å². The first-order valence-corrected chi connectivity index (χ1v) is 11.5. The number of rotatable bonds is 8. The second kappa shape index (κ2) is 10.0. The molecule has 1 fully saturated rings. The van der Waals surface area contributed by atoms with Crippen LogP contribution in [0, 0.1) is 5.82 Å². The quantitative estimate of drug-likeness (QED) is 0.515. The van der Waals surface area contributed by atoms with Gasteiger partial charge in [-0.1, -0.05) is 59.5 Å². The van der Waals surface area contributed by atoms with Crippen LogP contribution < -0.4 is 10.6 Å². The number of anilines is 2. The predicted octanol–water partition coefficient (Wildman–Crippen LogP) is 3.90. The van der Waals surface area contributed by atoms with Crippen LogP contribution in [0.4, 0.5) is 15.2 Å². The highest BCUT2D eigenvalue weighted by Gasteiger charge is 2.23. The summed E-state index contributed by atoms with van der Waals surface area (Å²) >= 11 is 2.69. The number of benzene rings is 2. The largest absolute Gasteiger partial charge is 0.351 e. The number of hydrogen-bond acceptors (Lipinski definition) is 7. The number of thioether (sulfide) groups is 1. The number of amides is 1. The molecule has 2 aromatic carbocycles. The van der Waals surface area contributed by atoms with E-state index in [1.165, 1.54) is 40.8 Å². The van der Waals surface area contributed by atoms with Gasteiger partial charge in [-0.05, 0) is 30.2 Å². The molecule has 0 radical (unpaired) electrons. The molecule has 156 valence electrons. The zero-order valence-corrected chi connectivity index (χ0v) is 17.9. The van der Waals surface area contributed by atoms with E-state index in [1.807, 2.05) is 6.07 Å². The maximum Gasteiger partial charge on any atom is 0.230 e. The molecular formula is C21H22FN5OS2. The molecule has 0 aliphatic carbocycles. The van der Waals surface area contributed by atoms with Crippen LogP contribution in [0.15, 0.2) is 58.9 Å². The van der Waals surface area contributed by atoms with Crippen molar-refractivity contribution < 1.29 is 9.18 Å². The normalized spacial score (nSPS) is 16.5. The molecule has 0 spiro atoms. The van der Waals surface area contributed by atoms with Crippen LogP contribution >= 0.6 is 23.1 Å². The average molecular weight is 444 g/mol. The van der Waals surface area contributed by atoms with Gasteiger partial charge in [-0.2, -0.15) is 0 Å². The highest BCUT2D eigenvalue weighted by molar-refractivity contribution is 8.01. The van der Waals surface area contributed by atoms with Crippen LogP contribution in [0.5, 0.6) is 0 Å². The number of aromatic nitrogens is 2. The Hall–Kier alpha value is -2.49. The average Bonchev–Trinajstić information content (AvgIpc) is 3.36. The fourth-order valence-corrected chi connectivity index (χ4v) is 4.92. The van der Waals surface area contributed by atoms with Crippen LogP contribution in [-0.4, -0.2) is 45.9 Å². The van der Waals surface area contributed by atoms with Crippen LogP contribution in [0.3, 0.4) is 0 Å². The summed E-state index contributed by atoms with van der Waals surface area (Å²) in [5.41, 5.74) is 1.90. The molecule has 1 unspecified atom stereocenters. The van der Waals surface area contributed by atoms with Crippen molar-refractivity contribution >= 4 is 39.8 Å². The number of nitrogens with zero attached hydrogens (tertiary/aromatic N) is 3. The van der Waals surface area contributed by atoms with Crippen molar-refractivity contribution in [1.29, 1.82) is 0 Å². The number of carbonyl (C=O) groups is 1. The van der Waals surface area contributed by atoms with Gasteiger partial charge in [0.05, 0.1) is 5.75 Å². The molecule has 2 N–H and O–H groups in total. The van der Waals surface area contributed by atoms with E-state index < -0.39 is 0 Å². The molecule has 30 heavy (non-hydrogen) atoms. The first-order valence-electron chi connectivity index (χ1n) is 9.68. The zero-order valence-electron chi connectivity index (χ0n) is 16.3. The highest BCUT2D eigenvalue weighted by Crippen LogP contribution is 2.27. The Labute approximate surface area is 182 Å². The minimum absolute atomic E-state index is 0.00130. The van der Waals surface area contributed by atoms with Crippen LogP contribution in [0.2, 0.25) is 0 Å². The first-order chi connectivity index (χ1) is 14.6. The molecule has 0 saturated carbocycles. The maximum atomic E-state index is 13.3. The van der Waals surface area contributed by atoms with E-state index >= 15 is 0 Å². The van der Waals surface area contributed by atoms with Crippen molar-refractivity contribution in [2.75, 3.05) is 24.2 Å². The highest BCUT2D eigenvalue weighted by atomic mass is 32.2. The topological polar surface area (TPSA) is 70.1 Å². The molecule has 3 aromatic rings. The summed E-state index contributed by atoms with van der Waals surface area (Å²) in [4.78, 5) is 14.7. The molecule has 9 heteroatoms. The molecule has 1 aliphatic heterocycles. The fraction of sp³-hybridized carbons (Fsp3) is 0.286. The third-order valence-corrected chi connectivity index (χ3v) is 6.67. The van der Waals surface area contributed by atoms with E-state index in [4.69, 9.17) is 0 Å². The Balaban J connectivity index is 1.19. The van der Waals surface area contributed by atoms with Gasteiger partial charge >= 0.3 is 0 Å². The first kappa shape index (κ1) is 20.8. The van der Waals surface area contributed by atoms with E-state index in [0.717, 1.165) is 26.1 Å². The third-order valence-electron chi connectivity index (χ3n) is 4.70. The number of nitrogens with one attached hydrogen (secondary N) is 2. The van der Waals surface area contributed by atoms with E-state index in [2.05, 4.69) is 50.0 Å². The summed E-state index contributed by atoms with van der Waals surface area (Å²) in [6.07, 6.45) is 0.962. The SMILES string of the molecule is O=C(CSc1nnc(Nc2cccc(F)c2)s1)NC1CCN(Cc2ccccc2)C1. The van der Waals surface area contributed by atoms with Gasteiger partial charge in [-0.15, -0.1) is 10.2 Å². The molecule has 1 atom stereocenters. The second-order valence-electron chi connectivity index (χ2n) is 7.07. The van der Waals surface area contributed by atoms with Crippen molar-refractivity contribution in [3.8, 4) is 0 Å². The van der Waals surface area contributed by atoms with E-state index in [0.29, 0.717) is 20.9 Å². The maximum absolute atomic E-state index is 13.3. The van der Waals surface area contributed by atoms with E-state index in [-0.39, 0.29) is 17.8 Å². The van der Waals surface area contributed by atoms with Crippen molar-refractivity contribution in [3.05, 3.63) is 66.0 Å². The minimum Gasteiger partial charge on any atom is -0.351 e. The van der Waals surface area contributed by atoms with Crippen LogP contribution in [0.1, 0.15) is 12.0 Å². The van der Waals surface area contributed by atoms with Crippen molar-refractivity contribution in [2.45, 2.75) is 23.3 Å². The summed E-state index contributed by atoms with van der Waals surface area (Å²) in [5, 5.41) is 14.8. The summed E-state index contributed by atoms with van der Waals surface area (Å²) in [6.45, 7) is 2.76. The van der Waals surface area contributed by atoms with Crippen molar-refractivity contribution in [2.24, 2.45) is 0 Å². The van der Waals surface area contributed by atoms with Gasteiger partial charge in [-0.25, -0.2) is 4.39 Å². The summed E-state index contributed by atoms with van der Waals surface area (Å²) in [6, 6.07) is 16.7. The Morgan fingerprint density at radius 3 is 2.90 bits per heavy atom. The number of carbonyl (C=O) groups excluding carboxylic acids is 1. The third kappa shape index (κ3) is 6.01. The standard InChI is InChI=1S/C21H22FN5OS2/c22-16-7-4-8-17(11-16)24-20-25-26-21(30-20)29-14-19(28)23-18-9-10-27(13-18)12-15-5-2-1-3-6-15/h1-8,11,18H,9-10,12-14H2,(H,23,28)(H,24,25). The minimum atomic E-state index is -0.315. The summed E-state index contributed by atoms with van der Waals surface area (Å²) in [5.74, 6) is -0.0181. The van der Waals surface area contributed by atoms with Crippen molar-refractivity contribution in [1.82, 2.24) is 20.4 Å². The lowest BCUT2D eigenvalue weighted by molar-refractivity contribution is -0.119. The molecule has 0 bridgehead atoms. The molecule has 2 heterocycles. The molecule has 1 aliphatic rings. The van der Waals surface area contributed by atoms with E-state index in [9.17, 15) is 9.18 Å². The van der Waals surface area contributed by atoms with Crippen LogP contribution in [-0.2, 0) is 11.3 Å². The van der Waals surface area contributed by atoms with Gasteiger partial charge < -0.3 is 10.6 Å². The lowest BCUT2D eigenvalue weighted by atomic mass is 10.2. The monoisotopic (exact) mass is 443 g/mol. The molecule has 4 rings (SSSR count). The predicted molar refractivity (Wildman–Crippen MR) is 119 cm³/mol. The Morgan fingerprint density at radius 2 is 2.07 bits per heavy atom. The Kier molecular flexibility index (Phi) is 6.93. The van der Waals surface area contributed by atoms with Gasteiger partial charge in [0.15, 0.2) is 4.34 Å². The Morgan fingerprint density at radius 1 is 1.20 bits per heavy atom. The molecule has 1 saturated heterocycles. The molecule has 6 nitrogen and oxygen atoms in total. The lowest BCUT2D eigenvalue weighted by Crippen LogP contribution is -2.37. The van der Waals surface area contributed by atoms with Crippen molar-refractivity contribution in [3.63, 3.8) is 0 Å². The second-order valence-corrected chi connectivity index (χ2v) is 9.27. The number of likely N-dealkylation sites (tertiary alicyclic amines) is 1. The Bertz CT molecular complexity index is 984. The molecule has 1 aromatic heterocycles.